The number of hydrogen-bond donors (Lipinski definition) is 1. The van der Waals surface area contributed by atoms with Gasteiger partial charge in [-0.25, -0.2) is 9.66 Å². The molecule has 0 aliphatic heterocycles. The van der Waals surface area contributed by atoms with Gasteiger partial charge >= 0.3 is 6.01 Å². The summed E-state index contributed by atoms with van der Waals surface area (Å²) < 4.78 is 6.03. The molecule has 0 aliphatic rings. The van der Waals surface area contributed by atoms with Gasteiger partial charge in [-0.1, -0.05) is 6.58 Å². The molecule has 2 N–H and O–H groups in total. The van der Waals surface area contributed by atoms with Gasteiger partial charge in [0.25, 0.3) is 0 Å². The number of nitrogens with two attached hydrogens (primary N) is 1. The Labute approximate surface area is 52.5 Å². The normalized spacial score (nSPS) is 8.89. The van der Waals surface area contributed by atoms with E-state index in [0.717, 1.165) is 0 Å². The number of hydrogen-bond acceptors (Lipinski definition) is 3. The molecule has 1 aromatic rings. The highest BCUT2D eigenvalue weighted by molar-refractivity contribution is 4.98. The Morgan fingerprint density at radius 1 is 1.89 bits per heavy atom. The molecule has 0 radical (unpaired) electrons. The molecule has 0 unspecified atom stereocenters. The molecule has 4 nitrogen and oxygen atoms in total. The fraction of sp³-hybridized carbons (Fsp3) is 0. The van der Waals surface area contributed by atoms with Crippen molar-refractivity contribution in [2.75, 3.05) is 5.84 Å². The molecule has 48 valence electrons. The smallest absolute Gasteiger partial charge is 0.320 e. The van der Waals surface area contributed by atoms with Crippen LogP contribution >= 0.6 is 0 Å². The van der Waals surface area contributed by atoms with E-state index in [0.29, 0.717) is 6.01 Å². The van der Waals surface area contributed by atoms with E-state index in [9.17, 15) is 0 Å². The Kier molecular flexibility index (Phi) is 1.40. The minimum Gasteiger partial charge on any atom is -0.433 e. The van der Waals surface area contributed by atoms with Crippen LogP contribution in [0.25, 0.3) is 0 Å². The van der Waals surface area contributed by atoms with Gasteiger partial charge < -0.3 is 10.6 Å². The second-order valence-corrected chi connectivity index (χ2v) is 1.40. The molecule has 0 atom stereocenters. The number of imidazole rings is 1. The molecular weight excluding hydrogens is 118 g/mol. The number of rotatable bonds is 2. The van der Waals surface area contributed by atoms with Gasteiger partial charge in [-0.15, -0.1) is 0 Å². The number of aromatic nitrogens is 2. The Balaban J connectivity index is 2.80. The molecule has 1 heterocycles. The summed E-state index contributed by atoms with van der Waals surface area (Å²) in [5.41, 5.74) is 0. The van der Waals surface area contributed by atoms with Crippen LogP contribution in [0.3, 0.4) is 0 Å². The molecule has 1 rings (SSSR count). The molecule has 9 heavy (non-hydrogen) atoms. The quantitative estimate of drug-likeness (QED) is 0.451. The molecule has 0 amide bonds. The maximum absolute atomic E-state index is 5.31. The van der Waals surface area contributed by atoms with Crippen molar-refractivity contribution in [1.29, 1.82) is 0 Å². The highest BCUT2D eigenvalue weighted by Gasteiger charge is 1.94. The first kappa shape index (κ1) is 5.68. The molecule has 0 aliphatic carbocycles. The molecule has 0 fully saturated rings. The maximum atomic E-state index is 5.31. The van der Waals surface area contributed by atoms with Crippen molar-refractivity contribution < 1.29 is 4.74 Å². The van der Waals surface area contributed by atoms with E-state index in [4.69, 9.17) is 10.6 Å². The summed E-state index contributed by atoms with van der Waals surface area (Å²) >= 11 is 0. The Bertz CT molecular complexity index is 206. The maximum Gasteiger partial charge on any atom is 0.320 e. The fourth-order valence-electron chi connectivity index (χ4n) is 0.465. The van der Waals surface area contributed by atoms with Crippen LogP contribution in [0, 0.1) is 0 Å². The minimum absolute atomic E-state index is 0.338. The third kappa shape index (κ3) is 1.02. The van der Waals surface area contributed by atoms with E-state index in [1.165, 1.54) is 10.9 Å². The third-order valence-electron chi connectivity index (χ3n) is 0.822. The monoisotopic (exact) mass is 125 g/mol. The highest BCUT2D eigenvalue weighted by atomic mass is 16.5. The summed E-state index contributed by atoms with van der Waals surface area (Å²) in [6.07, 6.45) is 4.39. The average molecular weight is 125 g/mol. The second-order valence-electron chi connectivity index (χ2n) is 1.40. The molecule has 1 aromatic heterocycles. The van der Waals surface area contributed by atoms with Crippen molar-refractivity contribution in [2.24, 2.45) is 0 Å². The largest absolute Gasteiger partial charge is 0.433 e. The summed E-state index contributed by atoms with van der Waals surface area (Å²) in [6.45, 7) is 3.35. The van der Waals surface area contributed by atoms with Gasteiger partial charge in [0.2, 0.25) is 0 Å². The van der Waals surface area contributed by atoms with Crippen molar-refractivity contribution >= 4 is 0 Å². The first-order chi connectivity index (χ1) is 4.34. The predicted octanol–water partition coefficient (Wildman–Crippen LogP) is 0.119. The van der Waals surface area contributed by atoms with Gasteiger partial charge in [0, 0.05) is 6.20 Å². The topological polar surface area (TPSA) is 53.1 Å². The molecular formula is C5H7N3O. The number of nitrogens with zero attached hydrogens (tertiary/aromatic N) is 2. The molecule has 0 spiro atoms. The Morgan fingerprint density at radius 2 is 2.67 bits per heavy atom. The van der Waals surface area contributed by atoms with Crippen LogP contribution in [0.1, 0.15) is 0 Å². The zero-order valence-electron chi connectivity index (χ0n) is 4.82. The van der Waals surface area contributed by atoms with Crippen molar-refractivity contribution in [3.05, 3.63) is 25.2 Å². The lowest BCUT2D eigenvalue weighted by molar-refractivity contribution is 0.430. The van der Waals surface area contributed by atoms with Crippen LogP contribution in [0.5, 0.6) is 6.01 Å². The predicted molar refractivity (Wildman–Crippen MR) is 33.2 cm³/mol. The zero-order chi connectivity index (χ0) is 6.69. The number of ether oxygens (including phenoxy) is 1. The SMILES string of the molecule is C=COc1nccn1N. The molecule has 0 aromatic carbocycles. The van der Waals surface area contributed by atoms with Crippen LogP contribution < -0.4 is 10.6 Å². The molecule has 0 bridgehead atoms. The van der Waals surface area contributed by atoms with Gasteiger partial charge in [-0.05, 0) is 0 Å². The summed E-state index contributed by atoms with van der Waals surface area (Å²) in [6, 6.07) is 0.338. The summed E-state index contributed by atoms with van der Waals surface area (Å²) in [7, 11) is 0. The molecule has 0 saturated heterocycles. The lowest BCUT2D eigenvalue weighted by atomic mass is 11.0. The van der Waals surface area contributed by atoms with E-state index < -0.39 is 0 Å². The first-order valence-corrected chi connectivity index (χ1v) is 2.40. The van der Waals surface area contributed by atoms with Crippen molar-refractivity contribution in [3.8, 4) is 6.01 Å². The second kappa shape index (κ2) is 2.21. The minimum atomic E-state index is 0.338. The molecule has 0 saturated carbocycles. The summed E-state index contributed by atoms with van der Waals surface area (Å²) in [5, 5.41) is 0. The Hall–Kier alpha value is -1.45. The van der Waals surface area contributed by atoms with Crippen molar-refractivity contribution in [1.82, 2.24) is 9.66 Å². The highest BCUT2D eigenvalue weighted by Crippen LogP contribution is 2.00. The van der Waals surface area contributed by atoms with Crippen molar-refractivity contribution in [2.45, 2.75) is 0 Å². The zero-order valence-corrected chi connectivity index (χ0v) is 4.82. The van der Waals surface area contributed by atoms with Gasteiger partial charge in [-0.2, -0.15) is 0 Å². The van der Waals surface area contributed by atoms with E-state index in [1.807, 2.05) is 0 Å². The van der Waals surface area contributed by atoms with Crippen LogP contribution in [0.15, 0.2) is 25.2 Å². The van der Waals surface area contributed by atoms with Crippen LogP contribution in [-0.2, 0) is 0 Å². The Morgan fingerprint density at radius 3 is 3.11 bits per heavy atom. The van der Waals surface area contributed by atoms with E-state index in [1.54, 1.807) is 12.4 Å². The van der Waals surface area contributed by atoms with Gasteiger partial charge in [-0.3, -0.25) is 0 Å². The average Bonchev–Trinajstić information content (AvgIpc) is 2.18. The van der Waals surface area contributed by atoms with Crippen LogP contribution in [-0.4, -0.2) is 9.66 Å². The summed E-state index contributed by atoms with van der Waals surface area (Å²) in [4.78, 5) is 3.75. The van der Waals surface area contributed by atoms with Crippen molar-refractivity contribution in [3.63, 3.8) is 0 Å². The van der Waals surface area contributed by atoms with Crippen LogP contribution in [0.2, 0.25) is 0 Å². The lowest BCUT2D eigenvalue weighted by Crippen LogP contribution is -2.07. The fourth-order valence-corrected chi connectivity index (χ4v) is 0.465. The lowest BCUT2D eigenvalue weighted by Gasteiger charge is -1.95. The third-order valence-corrected chi connectivity index (χ3v) is 0.822. The number of nitrogen functional groups attached to an aromatic ring is 1. The molecule has 4 heteroatoms. The van der Waals surface area contributed by atoms with E-state index in [2.05, 4.69) is 11.6 Å². The van der Waals surface area contributed by atoms with Gasteiger partial charge in [0.15, 0.2) is 0 Å². The van der Waals surface area contributed by atoms with Gasteiger partial charge in [0.1, 0.15) is 0 Å². The van der Waals surface area contributed by atoms with Gasteiger partial charge in [0.05, 0.1) is 12.5 Å². The van der Waals surface area contributed by atoms with Crippen LogP contribution in [0.4, 0.5) is 0 Å². The first-order valence-electron chi connectivity index (χ1n) is 2.40. The van der Waals surface area contributed by atoms with E-state index >= 15 is 0 Å². The van der Waals surface area contributed by atoms with E-state index in [-0.39, 0.29) is 0 Å². The standard InChI is InChI=1S/C5H7N3O/c1-2-9-5-7-3-4-8(5)6/h2-4H,1,6H2. The summed E-state index contributed by atoms with van der Waals surface area (Å²) in [5.74, 6) is 5.31.